The number of hydrogen-bond donors (Lipinski definition) is 0. The summed E-state index contributed by atoms with van der Waals surface area (Å²) in [5, 5.41) is 7.91. The summed E-state index contributed by atoms with van der Waals surface area (Å²) in [6.45, 7) is 7.36. The van der Waals surface area contributed by atoms with Crippen LogP contribution in [0.2, 0.25) is 0 Å². The Labute approximate surface area is 112 Å². The molecule has 3 unspecified atom stereocenters. The van der Waals surface area contributed by atoms with Crippen LogP contribution in [0.5, 0.6) is 0 Å². The normalized spacial score (nSPS) is 30.5. The van der Waals surface area contributed by atoms with Crippen molar-refractivity contribution < 1.29 is 4.42 Å². The topological polar surface area (TPSA) is 45.4 Å². The van der Waals surface area contributed by atoms with Gasteiger partial charge >= 0.3 is 6.01 Å². The summed E-state index contributed by atoms with van der Waals surface area (Å²) in [6.07, 6.45) is 2.58. The van der Waals surface area contributed by atoms with Gasteiger partial charge in [-0.1, -0.05) is 5.10 Å². The van der Waals surface area contributed by atoms with Gasteiger partial charge in [0, 0.05) is 25.2 Å². The minimum absolute atomic E-state index is 0.227. The lowest BCUT2D eigenvalue weighted by Crippen LogP contribution is -2.55. The van der Waals surface area contributed by atoms with Crippen molar-refractivity contribution in [2.45, 2.75) is 44.1 Å². The predicted molar refractivity (Wildman–Crippen MR) is 70.0 cm³/mol. The summed E-state index contributed by atoms with van der Waals surface area (Å²) in [5.41, 5.74) is 0. The summed E-state index contributed by atoms with van der Waals surface area (Å²) in [5.74, 6) is 0.507. The first kappa shape index (κ1) is 12.2. The number of hydrogen-bond acceptors (Lipinski definition) is 5. The minimum atomic E-state index is -0.227. The van der Waals surface area contributed by atoms with Gasteiger partial charge in [0.2, 0.25) is 5.89 Å². The molecule has 5 nitrogen and oxygen atoms in total. The Morgan fingerprint density at radius 3 is 2.94 bits per heavy atom. The van der Waals surface area contributed by atoms with Gasteiger partial charge in [-0.2, -0.15) is 0 Å². The zero-order valence-corrected chi connectivity index (χ0v) is 11.6. The van der Waals surface area contributed by atoms with E-state index < -0.39 is 0 Å². The van der Waals surface area contributed by atoms with Gasteiger partial charge in [-0.05, 0) is 33.2 Å². The molecule has 2 fully saturated rings. The van der Waals surface area contributed by atoms with E-state index in [0.717, 1.165) is 13.1 Å². The quantitative estimate of drug-likeness (QED) is 0.770. The van der Waals surface area contributed by atoms with E-state index in [2.05, 4.69) is 26.9 Å². The number of halogens is 1. The second-order valence-electron chi connectivity index (χ2n) is 5.33. The average molecular weight is 271 g/mol. The van der Waals surface area contributed by atoms with E-state index in [4.69, 9.17) is 16.0 Å². The zero-order valence-electron chi connectivity index (χ0n) is 10.8. The largest absolute Gasteiger partial charge is 0.406 e. The summed E-state index contributed by atoms with van der Waals surface area (Å²) >= 11 is 5.96. The van der Waals surface area contributed by atoms with E-state index >= 15 is 0 Å². The fourth-order valence-corrected chi connectivity index (χ4v) is 3.05. The van der Waals surface area contributed by atoms with Gasteiger partial charge in [-0.15, -0.1) is 16.7 Å². The molecule has 0 radical (unpaired) electrons. The van der Waals surface area contributed by atoms with E-state index in [1.807, 2.05) is 6.92 Å². The van der Waals surface area contributed by atoms with Crippen LogP contribution < -0.4 is 4.90 Å². The van der Waals surface area contributed by atoms with Gasteiger partial charge in [-0.3, -0.25) is 4.90 Å². The van der Waals surface area contributed by atoms with E-state index in [-0.39, 0.29) is 5.38 Å². The molecule has 3 heterocycles. The van der Waals surface area contributed by atoms with E-state index in [1.165, 1.54) is 19.4 Å². The Hall–Kier alpha value is -0.810. The maximum atomic E-state index is 5.96. The number of anilines is 1. The molecule has 18 heavy (non-hydrogen) atoms. The lowest BCUT2D eigenvalue weighted by molar-refractivity contribution is 0.197. The third-order valence-corrected chi connectivity index (χ3v) is 4.14. The van der Waals surface area contributed by atoms with Crippen LogP contribution >= 0.6 is 11.6 Å². The third-order valence-electron chi connectivity index (χ3n) is 3.95. The molecular weight excluding hydrogens is 252 g/mol. The molecule has 1 aromatic heterocycles. The zero-order chi connectivity index (χ0) is 12.7. The van der Waals surface area contributed by atoms with Crippen molar-refractivity contribution in [2.75, 3.05) is 24.5 Å². The van der Waals surface area contributed by atoms with Crippen LogP contribution in [-0.4, -0.2) is 46.8 Å². The first-order valence-electron chi connectivity index (χ1n) is 6.63. The Bertz CT molecular complexity index is 422. The fourth-order valence-electron chi connectivity index (χ4n) is 2.96. The maximum Gasteiger partial charge on any atom is 0.318 e. The van der Waals surface area contributed by atoms with Crippen LogP contribution in [0.15, 0.2) is 4.42 Å². The van der Waals surface area contributed by atoms with E-state index in [0.29, 0.717) is 24.0 Å². The molecule has 6 heteroatoms. The molecule has 3 rings (SSSR count). The monoisotopic (exact) mass is 270 g/mol. The van der Waals surface area contributed by atoms with Gasteiger partial charge in [0.1, 0.15) is 5.38 Å². The van der Waals surface area contributed by atoms with Gasteiger partial charge in [0.05, 0.1) is 0 Å². The molecule has 0 saturated carbocycles. The number of fused-ring (bicyclic) bond motifs is 1. The number of alkyl halides is 1. The molecule has 2 aliphatic rings. The highest BCUT2D eigenvalue weighted by Gasteiger charge is 2.36. The van der Waals surface area contributed by atoms with Gasteiger partial charge in [0.25, 0.3) is 0 Å². The SMILES string of the molecule is CC(Cl)c1nnc(N2CC3CCCN3CC2C)o1. The molecule has 1 aromatic rings. The van der Waals surface area contributed by atoms with Gasteiger partial charge < -0.3 is 9.32 Å². The van der Waals surface area contributed by atoms with Crippen molar-refractivity contribution in [3.63, 3.8) is 0 Å². The second kappa shape index (κ2) is 4.70. The lowest BCUT2D eigenvalue weighted by Gasteiger charge is -2.41. The second-order valence-corrected chi connectivity index (χ2v) is 5.99. The number of nitrogens with zero attached hydrogens (tertiary/aromatic N) is 4. The Balaban J connectivity index is 1.78. The standard InChI is InChI=1S/C12H19ClN4O/c1-8-6-16-5-3-4-10(16)7-17(8)12-15-14-11(18-12)9(2)13/h8-10H,3-7H2,1-2H3. The summed E-state index contributed by atoms with van der Waals surface area (Å²) in [7, 11) is 0. The van der Waals surface area contributed by atoms with Crippen LogP contribution in [0.4, 0.5) is 6.01 Å². The van der Waals surface area contributed by atoms with Crippen LogP contribution in [0.1, 0.15) is 38.0 Å². The maximum absolute atomic E-state index is 5.96. The molecule has 0 aliphatic carbocycles. The van der Waals surface area contributed by atoms with Crippen molar-refractivity contribution in [3.8, 4) is 0 Å². The highest BCUT2D eigenvalue weighted by atomic mass is 35.5. The summed E-state index contributed by atoms with van der Waals surface area (Å²) in [4.78, 5) is 4.80. The molecule has 2 aliphatic heterocycles. The summed E-state index contributed by atoms with van der Waals surface area (Å²) < 4.78 is 5.66. The highest BCUT2D eigenvalue weighted by Crippen LogP contribution is 2.29. The molecule has 2 saturated heterocycles. The van der Waals surface area contributed by atoms with Crippen LogP contribution in [0.25, 0.3) is 0 Å². The first-order chi connectivity index (χ1) is 8.65. The number of piperazine rings is 1. The number of aromatic nitrogens is 2. The van der Waals surface area contributed by atoms with Gasteiger partial charge in [0.15, 0.2) is 0 Å². The van der Waals surface area contributed by atoms with Crippen molar-refractivity contribution in [3.05, 3.63) is 5.89 Å². The Morgan fingerprint density at radius 2 is 2.22 bits per heavy atom. The van der Waals surface area contributed by atoms with E-state index in [9.17, 15) is 0 Å². The van der Waals surface area contributed by atoms with Gasteiger partial charge in [-0.25, -0.2) is 0 Å². The smallest absolute Gasteiger partial charge is 0.318 e. The molecule has 100 valence electrons. The Kier molecular flexibility index (Phi) is 3.20. The summed E-state index contributed by atoms with van der Waals surface area (Å²) in [6, 6.07) is 1.68. The van der Waals surface area contributed by atoms with Crippen LogP contribution in [0.3, 0.4) is 0 Å². The average Bonchev–Trinajstić information content (AvgIpc) is 2.94. The molecule has 0 aromatic carbocycles. The van der Waals surface area contributed by atoms with Crippen LogP contribution in [-0.2, 0) is 0 Å². The molecule has 0 N–H and O–H groups in total. The molecule has 0 amide bonds. The first-order valence-corrected chi connectivity index (χ1v) is 7.07. The van der Waals surface area contributed by atoms with Crippen molar-refractivity contribution in [1.29, 1.82) is 0 Å². The van der Waals surface area contributed by atoms with Crippen molar-refractivity contribution in [1.82, 2.24) is 15.1 Å². The molecule has 3 atom stereocenters. The number of rotatable bonds is 2. The minimum Gasteiger partial charge on any atom is -0.406 e. The molecule has 0 spiro atoms. The molecule has 0 bridgehead atoms. The lowest BCUT2D eigenvalue weighted by atomic mass is 10.1. The van der Waals surface area contributed by atoms with Crippen molar-refractivity contribution in [2.24, 2.45) is 0 Å². The van der Waals surface area contributed by atoms with Crippen LogP contribution in [0, 0.1) is 0 Å². The highest BCUT2D eigenvalue weighted by molar-refractivity contribution is 6.20. The third kappa shape index (κ3) is 2.10. The van der Waals surface area contributed by atoms with Crippen molar-refractivity contribution >= 4 is 17.6 Å². The Morgan fingerprint density at radius 1 is 1.39 bits per heavy atom. The molecular formula is C12H19ClN4O. The van der Waals surface area contributed by atoms with E-state index in [1.54, 1.807) is 0 Å². The fraction of sp³-hybridized carbons (Fsp3) is 0.833. The predicted octanol–water partition coefficient (Wildman–Crippen LogP) is 2.04.